The third-order valence-corrected chi connectivity index (χ3v) is 5.51. The first-order chi connectivity index (χ1) is 13.8. The number of hydrogen-bond acceptors (Lipinski definition) is 2. The van der Waals surface area contributed by atoms with Crippen LogP contribution in [0.4, 0.5) is 0 Å². The molecule has 1 saturated carbocycles. The first-order valence-corrected chi connectivity index (χ1v) is 9.83. The molecule has 6 heteroatoms. The molecule has 1 aliphatic rings. The third kappa shape index (κ3) is 5.38. The Morgan fingerprint density at radius 3 is 2.38 bits per heavy atom. The Bertz CT molecular complexity index is 917. The standard InChI is InChI=1S/C23H27N5.HI/c1-24-22(26-18-23(12-13-23)21-10-3-2-4-11-21)25-16-19-8-5-6-9-20(19)17-28-15-7-14-27-28;/h2-11,14-15H,12-13,16-18H2,1H3,(H2,24,25,26);1H. The molecule has 2 aromatic carbocycles. The zero-order chi connectivity index (χ0) is 19.2. The van der Waals surface area contributed by atoms with E-state index in [0.717, 1.165) is 25.6 Å². The Kier molecular flexibility index (Phi) is 7.30. The van der Waals surface area contributed by atoms with Crippen molar-refractivity contribution in [2.75, 3.05) is 13.6 Å². The largest absolute Gasteiger partial charge is 0.356 e. The molecule has 2 N–H and O–H groups in total. The van der Waals surface area contributed by atoms with Gasteiger partial charge in [0.15, 0.2) is 5.96 Å². The number of nitrogens with one attached hydrogen (secondary N) is 2. The van der Waals surface area contributed by atoms with Crippen LogP contribution in [0.15, 0.2) is 78.0 Å². The van der Waals surface area contributed by atoms with E-state index in [1.165, 1.54) is 29.5 Å². The minimum Gasteiger partial charge on any atom is -0.356 e. The molecule has 3 aromatic rings. The number of benzene rings is 2. The second kappa shape index (κ2) is 9.91. The quantitative estimate of drug-likeness (QED) is 0.293. The van der Waals surface area contributed by atoms with Crippen molar-refractivity contribution in [1.29, 1.82) is 0 Å². The molecule has 1 heterocycles. The monoisotopic (exact) mass is 501 g/mol. The fourth-order valence-corrected chi connectivity index (χ4v) is 3.62. The highest BCUT2D eigenvalue weighted by molar-refractivity contribution is 14.0. The summed E-state index contributed by atoms with van der Waals surface area (Å²) < 4.78 is 1.95. The van der Waals surface area contributed by atoms with E-state index in [0.29, 0.717) is 0 Å². The highest BCUT2D eigenvalue weighted by atomic mass is 127. The van der Waals surface area contributed by atoms with Crippen LogP contribution < -0.4 is 10.6 Å². The fraction of sp³-hybridized carbons (Fsp3) is 0.304. The number of aromatic nitrogens is 2. The van der Waals surface area contributed by atoms with Crippen LogP contribution in [0.25, 0.3) is 0 Å². The van der Waals surface area contributed by atoms with E-state index in [2.05, 4.69) is 75.3 Å². The van der Waals surface area contributed by atoms with Crippen LogP contribution >= 0.6 is 24.0 Å². The van der Waals surface area contributed by atoms with Gasteiger partial charge < -0.3 is 10.6 Å². The average Bonchev–Trinajstić information content (AvgIpc) is 3.37. The van der Waals surface area contributed by atoms with Gasteiger partial charge in [-0.05, 0) is 35.6 Å². The van der Waals surface area contributed by atoms with Gasteiger partial charge in [0.25, 0.3) is 0 Å². The summed E-state index contributed by atoms with van der Waals surface area (Å²) in [5.74, 6) is 0.844. The number of aliphatic imine (C=N–C) groups is 1. The van der Waals surface area contributed by atoms with Gasteiger partial charge in [0, 0.05) is 37.9 Å². The predicted molar refractivity (Wildman–Crippen MR) is 129 cm³/mol. The van der Waals surface area contributed by atoms with E-state index in [9.17, 15) is 0 Å². The molecule has 0 atom stereocenters. The van der Waals surface area contributed by atoms with E-state index in [1.807, 2.05) is 30.2 Å². The van der Waals surface area contributed by atoms with Gasteiger partial charge in [-0.2, -0.15) is 5.10 Å². The topological polar surface area (TPSA) is 54.2 Å². The van der Waals surface area contributed by atoms with Crippen molar-refractivity contribution < 1.29 is 0 Å². The maximum atomic E-state index is 4.41. The highest BCUT2D eigenvalue weighted by Gasteiger charge is 2.43. The molecular weight excluding hydrogens is 473 g/mol. The Labute approximate surface area is 189 Å². The van der Waals surface area contributed by atoms with Gasteiger partial charge in [0.1, 0.15) is 0 Å². The molecule has 29 heavy (non-hydrogen) atoms. The van der Waals surface area contributed by atoms with E-state index < -0.39 is 0 Å². The van der Waals surface area contributed by atoms with Crippen LogP contribution in [0.5, 0.6) is 0 Å². The summed E-state index contributed by atoms with van der Waals surface area (Å²) in [5.41, 5.74) is 4.20. The molecule has 0 spiro atoms. The maximum Gasteiger partial charge on any atom is 0.191 e. The van der Waals surface area contributed by atoms with E-state index >= 15 is 0 Å². The Morgan fingerprint density at radius 1 is 1.00 bits per heavy atom. The first kappa shape index (κ1) is 21.4. The molecule has 0 aliphatic heterocycles. The van der Waals surface area contributed by atoms with Crippen molar-refractivity contribution in [3.63, 3.8) is 0 Å². The average molecular weight is 501 g/mol. The van der Waals surface area contributed by atoms with Gasteiger partial charge in [0.05, 0.1) is 6.54 Å². The first-order valence-electron chi connectivity index (χ1n) is 9.83. The van der Waals surface area contributed by atoms with Crippen LogP contribution in [0.1, 0.15) is 29.5 Å². The third-order valence-electron chi connectivity index (χ3n) is 5.51. The summed E-state index contributed by atoms with van der Waals surface area (Å²) in [6.45, 7) is 2.41. The lowest BCUT2D eigenvalue weighted by Gasteiger charge is -2.19. The minimum atomic E-state index is 0. The molecule has 1 aliphatic carbocycles. The summed E-state index contributed by atoms with van der Waals surface area (Å²) >= 11 is 0. The van der Waals surface area contributed by atoms with E-state index in [-0.39, 0.29) is 29.4 Å². The number of hydrogen-bond donors (Lipinski definition) is 2. The Balaban J connectivity index is 0.00000240. The lowest BCUT2D eigenvalue weighted by Crippen LogP contribution is -2.41. The Morgan fingerprint density at radius 2 is 1.72 bits per heavy atom. The normalized spacial score (nSPS) is 14.7. The molecule has 1 fully saturated rings. The maximum absolute atomic E-state index is 4.41. The SMILES string of the molecule is CN=C(NCc1ccccc1Cn1cccn1)NCC1(c2ccccc2)CC1.I. The van der Waals surface area contributed by atoms with Gasteiger partial charge in [-0.3, -0.25) is 9.67 Å². The number of nitrogens with zero attached hydrogens (tertiary/aromatic N) is 3. The highest BCUT2D eigenvalue weighted by Crippen LogP contribution is 2.47. The van der Waals surface area contributed by atoms with Crippen LogP contribution in [0.3, 0.4) is 0 Å². The van der Waals surface area contributed by atoms with Crippen LogP contribution in [0, 0.1) is 0 Å². The van der Waals surface area contributed by atoms with Gasteiger partial charge in [0.2, 0.25) is 0 Å². The predicted octanol–water partition coefficient (Wildman–Crippen LogP) is 3.95. The molecule has 0 saturated heterocycles. The summed E-state index contributed by atoms with van der Waals surface area (Å²) in [4.78, 5) is 4.41. The second-order valence-electron chi connectivity index (χ2n) is 7.40. The van der Waals surface area contributed by atoms with Crippen molar-refractivity contribution in [3.8, 4) is 0 Å². The zero-order valence-corrected chi connectivity index (χ0v) is 19.0. The smallest absolute Gasteiger partial charge is 0.191 e. The van der Waals surface area contributed by atoms with Crippen molar-refractivity contribution in [2.24, 2.45) is 4.99 Å². The number of guanidine groups is 1. The molecule has 0 bridgehead atoms. The van der Waals surface area contributed by atoms with Crippen molar-refractivity contribution in [1.82, 2.24) is 20.4 Å². The van der Waals surface area contributed by atoms with Crippen LogP contribution in [-0.2, 0) is 18.5 Å². The van der Waals surface area contributed by atoms with Gasteiger partial charge in [-0.25, -0.2) is 0 Å². The second-order valence-corrected chi connectivity index (χ2v) is 7.40. The lowest BCUT2D eigenvalue weighted by atomic mass is 9.96. The number of halogens is 1. The molecule has 0 amide bonds. The molecule has 0 radical (unpaired) electrons. The zero-order valence-electron chi connectivity index (χ0n) is 16.7. The summed E-state index contributed by atoms with van der Waals surface area (Å²) in [5, 5.41) is 11.3. The molecule has 0 unspecified atom stereocenters. The van der Waals surface area contributed by atoms with Crippen molar-refractivity contribution >= 4 is 29.9 Å². The van der Waals surface area contributed by atoms with E-state index in [4.69, 9.17) is 0 Å². The van der Waals surface area contributed by atoms with Crippen molar-refractivity contribution in [2.45, 2.75) is 31.3 Å². The van der Waals surface area contributed by atoms with Crippen LogP contribution in [0.2, 0.25) is 0 Å². The number of rotatable bonds is 7. The molecule has 4 rings (SSSR count). The van der Waals surface area contributed by atoms with Gasteiger partial charge in [-0.15, -0.1) is 24.0 Å². The molecular formula is C23H28IN5. The van der Waals surface area contributed by atoms with Gasteiger partial charge >= 0.3 is 0 Å². The molecule has 152 valence electrons. The summed E-state index contributed by atoms with van der Waals surface area (Å²) in [6, 6.07) is 21.2. The fourth-order valence-electron chi connectivity index (χ4n) is 3.62. The molecule has 1 aromatic heterocycles. The minimum absolute atomic E-state index is 0. The Hall–Kier alpha value is -2.35. The lowest BCUT2D eigenvalue weighted by molar-refractivity contribution is 0.643. The van der Waals surface area contributed by atoms with E-state index in [1.54, 1.807) is 0 Å². The van der Waals surface area contributed by atoms with Crippen LogP contribution in [-0.4, -0.2) is 29.3 Å². The van der Waals surface area contributed by atoms with Gasteiger partial charge in [-0.1, -0.05) is 54.6 Å². The summed E-state index contributed by atoms with van der Waals surface area (Å²) in [7, 11) is 1.83. The molecule has 5 nitrogen and oxygen atoms in total. The summed E-state index contributed by atoms with van der Waals surface area (Å²) in [6.07, 6.45) is 6.26. The van der Waals surface area contributed by atoms with Crippen molar-refractivity contribution in [3.05, 3.63) is 89.7 Å².